The average Bonchev–Trinajstić information content (AvgIpc) is 2.72. The lowest BCUT2D eigenvalue weighted by atomic mass is 10.1. The van der Waals surface area contributed by atoms with Crippen LogP contribution < -0.4 is 0 Å². The third-order valence-corrected chi connectivity index (χ3v) is 3.59. The number of para-hydroxylation sites is 1. The molecule has 1 fully saturated rings. The third-order valence-electron chi connectivity index (χ3n) is 3.59. The summed E-state index contributed by atoms with van der Waals surface area (Å²) >= 11 is 0. The number of phenolic OH excluding ortho intramolecular Hbond substituents is 1. The van der Waals surface area contributed by atoms with E-state index in [0.717, 1.165) is 0 Å². The fourth-order valence-corrected chi connectivity index (χ4v) is 2.29. The van der Waals surface area contributed by atoms with Gasteiger partial charge in [0.05, 0.1) is 6.42 Å². The van der Waals surface area contributed by atoms with Gasteiger partial charge in [-0.1, -0.05) is 18.2 Å². The zero-order valence-corrected chi connectivity index (χ0v) is 11.2. The summed E-state index contributed by atoms with van der Waals surface area (Å²) in [6.07, 6.45) is 0.773. The van der Waals surface area contributed by atoms with E-state index >= 15 is 0 Å². The van der Waals surface area contributed by atoms with Crippen molar-refractivity contribution in [1.29, 1.82) is 0 Å². The van der Waals surface area contributed by atoms with Crippen LogP contribution in [-0.4, -0.2) is 53.4 Å². The summed E-state index contributed by atoms with van der Waals surface area (Å²) in [6.45, 7) is 0.678. The first-order valence-electron chi connectivity index (χ1n) is 6.28. The van der Waals surface area contributed by atoms with Crippen LogP contribution in [0.2, 0.25) is 0 Å². The Hall–Kier alpha value is -2.04. The number of likely N-dealkylation sites (tertiary alicyclic amines) is 1. The van der Waals surface area contributed by atoms with Crippen LogP contribution in [0.1, 0.15) is 12.0 Å². The maximum absolute atomic E-state index is 12.1. The Kier molecular flexibility index (Phi) is 3.74. The molecule has 0 aromatic heterocycles. The smallest absolute Gasteiger partial charge is 0.245 e. The molecule has 2 amide bonds. The van der Waals surface area contributed by atoms with Crippen LogP contribution in [-0.2, 0) is 16.0 Å². The van der Waals surface area contributed by atoms with Crippen molar-refractivity contribution in [3.05, 3.63) is 29.8 Å². The Balaban J connectivity index is 2.04. The van der Waals surface area contributed by atoms with Crippen LogP contribution in [0.4, 0.5) is 0 Å². The van der Waals surface area contributed by atoms with Crippen LogP contribution >= 0.6 is 0 Å². The number of benzene rings is 1. The summed E-state index contributed by atoms with van der Waals surface area (Å²) in [5, 5.41) is 9.65. The molecule has 1 aromatic rings. The van der Waals surface area contributed by atoms with Crippen LogP contribution in [0.25, 0.3) is 0 Å². The molecule has 2 rings (SSSR count). The van der Waals surface area contributed by atoms with Crippen LogP contribution in [0.15, 0.2) is 24.3 Å². The molecule has 0 saturated carbocycles. The van der Waals surface area contributed by atoms with Crippen molar-refractivity contribution in [1.82, 2.24) is 9.80 Å². The number of hydrogen-bond donors (Lipinski definition) is 1. The SMILES string of the molecule is CN1CC[C@H](N(C)C(=O)Cc2ccccc2O)C1=O. The third kappa shape index (κ3) is 2.70. The van der Waals surface area contributed by atoms with E-state index in [1.807, 2.05) is 0 Å². The van der Waals surface area contributed by atoms with Crippen LogP contribution in [0.5, 0.6) is 5.75 Å². The fraction of sp³-hybridized carbons (Fsp3) is 0.429. The summed E-state index contributed by atoms with van der Waals surface area (Å²) in [4.78, 5) is 27.1. The van der Waals surface area contributed by atoms with Gasteiger partial charge < -0.3 is 14.9 Å². The van der Waals surface area contributed by atoms with Gasteiger partial charge in [-0.15, -0.1) is 0 Å². The standard InChI is InChI=1S/C14H18N2O3/c1-15-8-7-11(14(15)19)16(2)13(18)9-10-5-3-4-6-12(10)17/h3-6,11,17H,7-9H2,1-2H3/t11-/m0/s1. The molecule has 0 aliphatic carbocycles. The Morgan fingerprint density at radius 3 is 2.74 bits per heavy atom. The fourth-order valence-electron chi connectivity index (χ4n) is 2.29. The molecule has 1 saturated heterocycles. The van der Waals surface area contributed by atoms with E-state index in [0.29, 0.717) is 18.5 Å². The molecule has 0 bridgehead atoms. The van der Waals surface area contributed by atoms with E-state index in [2.05, 4.69) is 0 Å². The van der Waals surface area contributed by atoms with Gasteiger partial charge in [-0.05, 0) is 12.5 Å². The Morgan fingerprint density at radius 2 is 2.16 bits per heavy atom. The maximum Gasteiger partial charge on any atom is 0.245 e. The molecule has 1 N–H and O–H groups in total. The van der Waals surface area contributed by atoms with Gasteiger partial charge in [-0.25, -0.2) is 0 Å². The number of carbonyl (C=O) groups is 2. The molecule has 5 nitrogen and oxygen atoms in total. The van der Waals surface area contributed by atoms with E-state index in [4.69, 9.17) is 0 Å². The molecule has 1 aliphatic rings. The first-order valence-corrected chi connectivity index (χ1v) is 6.28. The summed E-state index contributed by atoms with van der Waals surface area (Å²) in [6, 6.07) is 6.38. The Bertz CT molecular complexity index is 501. The van der Waals surface area contributed by atoms with E-state index in [-0.39, 0.29) is 30.0 Å². The van der Waals surface area contributed by atoms with E-state index < -0.39 is 0 Å². The summed E-state index contributed by atoms with van der Waals surface area (Å²) < 4.78 is 0. The van der Waals surface area contributed by atoms with Crippen molar-refractivity contribution in [2.75, 3.05) is 20.6 Å². The van der Waals surface area contributed by atoms with Gasteiger partial charge in [0.25, 0.3) is 0 Å². The van der Waals surface area contributed by atoms with E-state index in [1.165, 1.54) is 4.90 Å². The zero-order chi connectivity index (χ0) is 14.0. The Morgan fingerprint density at radius 1 is 1.47 bits per heavy atom. The van der Waals surface area contributed by atoms with Gasteiger partial charge in [-0.2, -0.15) is 0 Å². The minimum atomic E-state index is -0.372. The minimum absolute atomic E-state index is 0.0202. The second-order valence-corrected chi connectivity index (χ2v) is 4.87. The highest BCUT2D eigenvalue weighted by atomic mass is 16.3. The number of rotatable bonds is 3. The predicted molar refractivity (Wildman–Crippen MR) is 70.6 cm³/mol. The van der Waals surface area contributed by atoms with Gasteiger partial charge in [-0.3, -0.25) is 9.59 Å². The lowest BCUT2D eigenvalue weighted by Gasteiger charge is -2.23. The quantitative estimate of drug-likeness (QED) is 0.869. The molecule has 1 aliphatic heterocycles. The summed E-state index contributed by atoms with van der Waals surface area (Å²) in [5.74, 6) is -0.0672. The van der Waals surface area contributed by atoms with E-state index in [9.17, 15) is 14.7 Å². The molecule has 1 aromatic carbocycles. The van der Waals surface area contributed by atoms with Crippen molar-refractivity contribution < 1.29 is 14.7 Å². The van der Waals surface area contributed by atoms with Gasteiger partial charge >= 0.3 is 0 Å². The van der Waals surface area contributed by atoms with Crippen molar-refractivity contribution >= 4 is 11.8 Å². The number of likely N-dealkylation sites (N-methyl/N-ethyl adjacent to an activating group) is 2. The molecule has 1 heterocycles. The highest BCUT2D eigenvalue weighted by molar-refractivity contribution is 5.89. The molecular formula is C14H18N2O3. The normalized spacial score (nSPS) is 18.7. The molecule has 102 valence electrons. The second-order valence-electron chi connectivity index (χ2n) is 4.87. The summed E-state index contributed by atoms with van der Waals surface area (Å²) in [7, 11) is 3.38. The van der Waals surface area contributed by atoms with E-state index in [1.54, 1.807) is 43.3 Å². The first-order chi connectivity index (χ1) is 9.00. The largest absolute Gasteiger partial charge is 0.508 e. The number of aromatic hydroxyl groups is 1. The number of phenols is 1. The maximum atomic E-state index is 12.1. The molecule has 0 unspecified atom stereocenters. The number of nitrogens with zero attached hydrogens (tertiary/aromatic N) is 2. The second kappa shape index (κ2) is 5.30. The number of amides is 2. The van der Waals surface area contributed by atoms with Gasteiger partial charge in [0.15, 0.2) is 0 Å². The highest BCUT2D eigenvalue weighted by Gasteiger charge is 2.34. The topological polar surface area (TPSA) is 60.9 Å². The predicted octanol–water partition coefficient (Wildman–Crippen LogP) is 0.624. The lowest BCUT2D eigenvalue weighted by Crippen LogP contribution is -2.42. The van der Waals surface area contributed by atoms with Crippen molar-refractivity contribution in [3.8, 4) is 5.75 Å². The van der Waals surface area contributed by atoms with Crippen LogP contribution in [0, 0.1) is 0 Å². The Labute approximate surface area is 112 Å². The van der Waals surface area contributed by atoms with Crippen molar-refractivity contribution in [3.63, 3.8) is 0 Å². The van der Waals surface area contributed by atoms with Crippen LogP contribution in [0.3, 0.4) is 0 Å². The zero-order valence-electron chi connectivity index (χ0n) is 11.2. The molecule has 0 spiro atoms. The van der Waals surface area contributed by atoms with Gasteiger partial charge in [0, 0.05) is 26.2 Å². The van der Waals surface area contributed by atoms with Gasteiger partial charge in [0.1, 0.15) is 11.8 Å². The average molecular weight is 262 g/mol. The molecule has 19 heavy (non-hydrogen) atoms. The lowest BCUT2D eigenvalue weighted by molar-refractivity contribution is -0.139. The minimum Gasteiger partial charge on any atom is -0.508 e. The van der Waals surface area contributed by atoms with Crippen molar-refractivity contribution in [2.24, 2.45) is 0 Å². The molecular weight excluding hydrogens is 244 g/mol. The highest BCUT2D eigenvalue weighted by Crippen LogP contribution is 2.19. The van der Waals surface area contributed by atoms with Gasteiger partial charge in [0.2, 0.25) is 11.8 Å². The number of hydrogen-bond acceptors (Lipinski definition) is 3. The molecule has 1 atom stereocenters. The van der Waals surface area contributed by atoms with Crippen molar-refractivity contribution in [2.45, 2.75) is 18.9 Å². The number of carbonyl (C=O) groups excluding carboxylic acids is 2. The summed E-state index contributed by atoms with van der Waals surface area (Å²) in [5.41, 5.74) is 0.582. The monoisotopic (exact) mass is 262 g/mol. The molecule has 0 radical (unpaired) electrons. The first kappa shape index (κ1) is 13.4. The molecule has 5 heteroatoms.